The average Bonchev–Trinajstić information content (AvgIpc) is 3.30. The van der Waals surface area contributed by atoms with Crippen molar-refractivity contribution in [2.75, 3.05) is 5.32 Å². The third-order valence-corrected chi connectivity index (χ3v) is 4.92. The van der Waals surface area contributed by atoms with E-state index in [-0.39, 0.29) is 24.4 Å². The largest absolute Gasteiger partial charge is 0.486 e. The summed E-state index contributed by atoms with van der Waals surface area (Å²) in [6, 6.07) is 7.73. The Labute approximate surface area is 167 Å². The van der Waals surface area contributed by atoms with Gasteiger partial charge in [0.1, 0.15) is 34.7 Å². The zero-order valence-electron chi connectivity index (χ0n) is 16.1. The number of aromatic nitrogens is 3. The number of nitrogens with zero attached hydrogens (tertiary/aromatic N) is 3. The molecule has 0 radical (unpaired) electrons. The normalized spacial score (nSPS) is 12.2. The van der Waals surface area contributed by atoms with Crippen LogP contribution in [0.3, 0.4) is 0 Å². The quantitative estimate of drug-likeness (QED) is 0.581. The molecule has 0 aliphatic rings. The van der Waals surface area contributed by atoms with E-state index in [2.05, 4.69) is 36.2 Å². The number of anilines is 1. The lowest BCUT2D eigenvalue weighted by atomic mass is 10.1. The minimum absolute atomic E-state index is 0.181. The van der Waals surface area contributed by atoms with Crippen molar-refractivity contribution in [2.24, 2.45) is 5.92 Å². The molecule has 2 aromatic heterocycles. The van der Waals surface area contributed by atoms with E-state index in [1.54, 1.807) is 29.8 Å². The van der Waals surface area contributed by atoms with Gasteiger partial charge in [-0.1, -0.05) is 13.8 Å². The maximum atomic E-state index is 12.9. The number of rotatable bonds is 8. The molecule has 0 bridgehead atoms. The van der Waals surface area contributed by atoms with Crippen molar-refractivity contribution >= 4 is 23.1 Å². The molecule has 3 aromatic rings. The standard InChI is InChI=1S/C20H23FN4O2S/c1-13(2)10-14(3)25-18(8-9-22-25)24-20(26)17-12-28-19(23-17)11-27-16-6-4-15(21)5-7-16/h4-9,12-14H,10-11H2,1-3H3,(H,24,26)/t14-/m1/s1. The molecular formula is C20H23FN4O2S. The van der Waals surface area contributed by atoms with Crippen LogP contribution in [0.4, 0.5) is 10.2 Å². The molecule has 0 fully saturated rings. The Balaban J connectivity index is 1.60. The number of thiazole rings is 1. The van der Waals surface area contributed by atoms with E-state index >= 15 is 0 Å². The molecule has 0 saturated heterocycles. The number of halogens is 1. The molecule has 0 spiro atoms. The van der Waals surface area contributed by atoms with Gasteiger partial charge in [-0.25, -0.2) is 14.1 Å². The number of hydrogen-bond acceptors (Lipinski definition) is 5. The number of hydrogen-bond donors (Lipinski definition) is 1. The van der Waals surface area contributed by atoms with Gasteiger partial charge in [-0.15, -0.1) is 11.3 Å². The fourth-order valence-corrected chi connectivity index (χ4v) is 3.57. The van der Waals surface area contributed by atoms with Gasteiger partial charge in [0.15, 0.2) is 0 Å². The summed E-state index contributed by atoms with van der Waals surface area (Å²) in [5.74, 6) is 1.12. The Morgan fingerprint density at radius 3 is 2.71 bits per heavy atom. The highest BCUT2D eigenvalue weighted by Gasteiger charge is 2.16. The average molecular weight is 402 g/mol. The lowest BCUT2D eigenvalue weighted by Crippen LogP contribution is -2.18. The Morgan fingerprint density at radius 1 is 1.25 bits per heavy atom. The molecule has 1 aromatic carbocycles. The predicted molar refractivity (Wildman–Crippen MR) is 107 cm³/mol. The van der Waals surface area contributed by atoms with Gasteiger partial charge in [-0.3, -0.25) is 4.79 Å². The number of carbonyl (C=O) groups excluding carboxylic acids is 1. The Kier molecular flexibility index (Phi) is 6.41. The second kappa shape index (κ2) is 8.97. The number of nitrogens with one attached hydrogen (secondary N) is 1. The maximum Gasteiger partial charge on any atom is 0.276 e. The fourth-order valence-electron chi connectivity index (χ4n) is 2.88. The first-order valence-corrected chi connectivity index (χ1v) is 9.98. The van der Waals surface area contributed by atoms with Crippen LogP contribution in [0.15, 0.2) is 41.9 Å². The molecule has 3 rings (SSSR count). The minimum Gasteiger partial charge on any atom is -0.486 e. The molecule has 0 aliphatic carbocycles. The van der Waals surface area contributed by atoms with Crippen LogP contribution >= 0.6 is 11.3 Å². The van der Waals surface area contributed by atoms with Gasteiger partial charge >= 0.3 is 0 Å². The van der Waals surface area contributed by atoms with E-state index in [1.807, 2.05) is 4.68 Å². The van der Waals surface area contributed by atoms with Crippen molar-refractivity contribution in [1.82, 2.24) is 14.8 Å². The van der Waals surface area contributed by atoms with Crippen LogP contribution in [0.1, 0.15) is 48.7 Å². The summed E-state index contributed by atoms with van der Waals surface area (Å²) in [5.41, 5.74) is 0.326. The van der Waals surface area contributed by atoms with E-state index < -0.39 is 0 Å². The number of carbonyl (C=O) groups is 1. The zero-order chi connectivity index (χ0) is 20.1. The van der Waals surface area contributed by atoms with Crippen molar-refractivity contribution in [2.45, 2.75) is 39.8 Å². The van der Waals surface area contributed by atoms with E-state index in [1.165, 1.54) is 23.5 Å². The molecule has 2 heterocycles. The fraction of sp³-hybridized carbons (Fsp3) is 0.350. The molecular weight excluding hydrogens is 379 g/mol. The van der Waals surface area contributed by atoms with Crippen LogP contribution in [-0.2, 0) is 6.61 Å². The molecule has 28 heavy (non-hydrogen) atoms. The van der Waals surface area contributed by atoms with Crippen LogP contribution in [0.2, 0.25) is 0 Å². The van der Waals surface area contributed by atoms with Crippen LogP contribution < -0.4 is 10.1 Å². The molecule has 1 N–H and O–H groups in total. The lowest BCUT2D eigenvalue weighted by Gasteiger charge is -2.17. The van der Waals surface area contributed by atoms with Gasteiger partial charge in [-0.05, 0) is 43.5 Å². The molecule has 148 valence electrons. The van der Waals surface area contributed by atoms with Crippen LogP contribution in [0, 0.1) is 11.7 Å². The summed E-state index contributed by atoms with van der Waals surface area (Å²) < 4.78 is 20.3. The van der Waals surface area contributed by atoms with Crippen LogP contribution in [0.25, 0.3) is 0 Å². The molecule has 0 aliphatic heterocycles. The third kappa shape index (κ3) is 5.16. The van der Waals surface area contributed by atoms with Gasteiger partial charge < -0.3 is 10.1 Å². The maximum absolute atomic E-state index is 12.9. The second-order valence-corrected chi connectivity index (χ2v) is 7.91. The summed E-state index contributed by atoms with van der Waals surface area (Å²) in [7, 11) is 0. The summed E-state index contributed by atoms with van der Waals surface area (Å²) in [5, 5.41) is 9.56. The number of amides is 1. The van der Waals surface area contributed by atoms with Gasteiger partial charge in [0.2, 0.25) is 0 Å². The Bertz CT molecular complexity index is 920. The van der Waals surface area contributed by atoms with Gasteiger partial charge in [0.25, 0.3) is 5.91 Å². The topological polar surface area (TPSA) is 69.0 Å². The molecule has 1 amide bonds. The highest BCUT2D eigenvalue weighted by Crippen LogP contribution is 2.22. The SMILES string of the molecule is CC(C)C[C@@H](C)n1nccc1NC(=O)c1csc(COc2ccc(F)cc2)n1. The van der Waals surface area contributed by atoms with Crippen LogP contribution in [-0.4, -0.2) is 20.7 Å². The van der Waals surface area contributed by atoms with Crippen LogP contribution in [0.5, 0.6) is 5.75 Å². The van der Waals surface area contributed by atoms with E-state index in [0.717, 1.165) is 6.42 Å². The van der Waals surface area contributed by atoms with Gasteiger partial charge in [0, 0.05) is 11.4 Å². The van der Waals surface area contributed by atoms with Crippen molar-refractivity contribution in [3.63, 3.8) is 0 Å². The Hall–Kier alpha value is -2.74. The van der Waals surface area contributed by atoms with E-state index in [0.29, 0.717) is 28.2 Å². The second-order valence-electron chi connectivity index (χ2n) is 6.96. The smallest absolute Gasteiger partial charge is 0.276 e. The van der Waals surface area contributed by atoms with Crippen molar-refractivity contribution < 1.29 is 13.9 Å². The van der Waals surface area contributed by atoms with Crippen molar-refractivity contribution in [3.8, 4) is 5.75 Å². The summed E-state index contributed by atoms with van der Waals surface area (Å²) in [6.07, 6.45) is 2.64. The summed E-state index contributed by atoms with van der Waals surface area (Å²) in [4.78, 5) is 16.9. The highest BCUT2D eigenvalue weighted by atomic mass is 32.1. The van der Waals surface area contributed by atoms with Gasteiger partial charge in [0.05, 0.1) is 12.2 Å². The van der Waals surface area contributed by atoms with Crippen molar-refractivity contribution in [1.29, 1.82) is 0 Å². The first-order chi connectivity index (χ1) is 13.4. The monoisotopic (exact) mass is 402 g/mol. The predicted octanol–water partition coefficient (Wildman–Crippen LogP) is 4.92. The molecule has 8 heteroatoms. The first kappa shape index (κ1) is 20.0. The van der Waals surface area contributed by atoms with Crippen molar-refractivity contribution in [3.05, 3.63) is 58.4 Å². The zero-order valence-corrected chi connectivity index (χ0v) is 16.9. The highest BCUT2D eigenvalue weighted by molar-refractivity contribution is 7.09. The molecule has 1 atom stereocenters. The molecule has 0 saturated carbocycles. The minimum atomic E-state index is -0.317. The third-order valence-electron chi connectivity index (χ3n) is 4.10. The lowest BCUT2D eigenvalue weighted by molar-refractivity contribution is 0.102. The van der Waals surface area contributed by atoms with E-state index in [4.69, 9.17) is 4.74 Å². The molecule has 0 unspecified atom stereocenters. The van der Waals surface area contributed by atoms with E-state index in [9.17, 15) is 9.18 Å². The first-order valence-electron chi connectivity index (χ1n) is 9.10. The molecule has 6 nitrogen and oxygen atoms in total. The number of benzene rings is 1. The Morgan fingerprint density at radius 2 is 2.00 bits per heavy atom. The summed E-state index contributed by atoms with van der Waals surface area (Å²) >= 11 is 1.34. The van der Waals surface area contributed by atoms with Gasteiger partial charge in [-0.2, -0.15) is 5.10 Å². The number of ether oxygens (including phenoxy) is 1. The summed E-state index contributed by atoms with van der Waals surface area (Å²) in [6.45, 7) is 6.61.